The maximum Gasteiger partial charge on any atom is 0.195 e. The Morgan fingerprint density at radius 1 is 1.00 bits per heavy atom. The van der Waals surface area contributed by atoms with Crippen molar-refractivity contribution in [2.45, 2.75) is 13.1 Å². The van der Waals surface area contributed by atoms with Crippen LogP contribution in [0.5, 0.6) is 0 Å². The predicted molar refractivity (Wildman–Crippen MR) is 62.7 cm³/mol. The van der Waals surface area contributed by atoms with Crippen molar-refractivity contribution in [3.63, 3.8) is 0 Å². The lowest BCUT2D eigenvalue weighted by atomic mass is 10.3. The van der Waals surface area contributed by atoms with Crippen molar-refractivity contribution in [2.24, 2.45) is 4.99 Å². The highest BCUT2D eigenvalue weighted by molar-refractivity contribution is 5.51. The molecule has 0 aromatic carbocycles. The fourth-order valence-corrected chi connectivity index (χ4v) is 2.01. The van der Waals surface area contributed by atoms with E-state index < -0.39 is 0 Å². The van der Waals surface area contributed by atoms with Crippen LogP contribution in [-0.4, -0.2) is 10.8 Å². The number of hydrogen-bond acceptors (Lipinski definition) is 3. The van der Waals surface area contributed by atoms with Gasteiger partial charge >= 0.3 is 0 Å². The number of nitrogens with zero attached hydrogens (tertiary/aromatic N) is 2. The van der Waals surface area contributed by atoms with Gasteiger partial charge in [0.1, 0.15) is 19.3 Å². The van der Waals surface area contributed by atoms with Gasteiger partial charge in [-0.1, -0.05) is 0 Å². The molecule has 3 heterocycles. The summed E-state index contributed by atoms with van der Waals surface area (Å²) in [6.45, 7) is 1.49. The van der Waals surface area contributed by atoms with Crippen molar-refractivity contribution in [3.8, 4) is 0 Å². The third-order valence-corrected chi connectivity index (χ3v) is 2.81. The summed E-state index contributed by atoms with van der Waals surface area (Å²) in [7, 11) is 0. The highest BCUT2D eigenvalue weighted by Gasteiger charge is 2.29. The second-order valence-corrected chi connectivity index (χ2v) is 4.14. The van der Waals surface area contributed by atoms with E-state index in [1.54, 1.807) is 12.5 Å². The number of hydrogen-bond donors (Lipinski definition) is 0. The van der Waals surface area contributed by atoms with Gasteiger partial charge in [-0.15, -0.1) is 0 Å². The zero-order chi connectivity index (χ0) is 11.6. The van der Waals surface area contributed by atoms with E-state index >= 15 is 0 Å². The summed E-state index contributed by atoms with van der Waals surface area (Å²) in [5.74, 6) is 1.88. The molecule has 0 aliphatic carbocycles. The molecule has 0 radical (unpaired) electrons. The van der Waals surface area contributed by atoms with Crippen LogP contribution in [0.3, 0.4) is 0 Å². The smallest absolute Gasteiger partial charge is 0.195 e. The molecular weight excluding hydrogens is 216 g/mol. The Balaban J connectivity index is 1.84. The average molecular weight is 229 g/mol. The normalized spacial score (nSPS) is 16.7. The first-order chi connectivity index (χ1) is 8.36. The average Bonchev–Trinajstić information content (AvgIpc) is 3.01. The van der Waals surface area contributed by atoms with Gasteiger partial charge in [-0.3, -0.25) is 0 Å². The predicted octanol–water partition coefficient (Wildman–Crippen LogP) is 2.90. The topological polar surface area (TPSA) is 38.6 Å². The molecule has 4 heteroatoms. The zero-order valence-electron chi connectivity index (χ0n) is 9.32. The summed E-state index contributed by atoms with van der Waals surface area (Å²) < 4.78 is 11.4. The van der Waals surface area contributed by atoms with Gasteiger partial charge in [-0.25, -0.2) is 9.48 Å². The number of rotatable bonds is 4. The summed E-state index contributed by atoms with van der Waals surface area (Å²) in [6.07, 6.45) is 9.15. The van der Waals surface area contributed by atoms with Crippen LogP contribution in [0.1, 0.15) is 11.5 Å². The lowest BCUT2D eigenvalue weighted by Crippen LogP contribution is -2.37. The molecule has 0 bridgehead atoms. The zero-order valence-corrected chi connectivity index (χ0v) is 9.32. The Labute approximate surface area is 99.1 Å². The Morgan fingerprint density at radius 3 is 2.06 bits per heavy atom. The fourth-order valence-electron chi connectivity index (χ4n) is 2.01. The molecule has 3 rings (SSSR count). The number of furan rings is 2. The Morgan fingerprint density at radius 2 is 1.65 bits per heavy atom. The largest absolute Gasteiger partial charge is 0.463 e. The highest BCUT2D eigenvalue weighted by Crippen LogP contribution is 2.22. The van der Waals surface area contributed by atoms with E-state index in [1.165, 1.54) is 0 Å². The van der Waals surface area contributed by atoms with Gasteiger partial charge in [0, 0.05) is 0 Å². The van der Waals surface area contributed by atoms with E-state index in [4.69, 9.17) is 8.83 Å². The van der Waals surface area contributed by atoms with E-state index in [0.717, 1.165) is 24.6 Å². The van der Waals surface area contributed by atoms with Crippen molar-refractivity contribution in [1.82, 2.24) is 0 Å². The first kappa shape index (κ1) is 10.1. The second kappa shape index (κ2) is 4.07. The third kappa shape index (κ3) is 2.07. The van der Waals surface area contributed by atoms with Gasteiger partial charge in [0.2, 0.25) is 0 Å². The SMILES string of the molecule is C1=C[N+](Cc2ccco2)(Cc2ccco2)C=N1. The van der Waals surface area contributed by atoms with Gasteiger partial charge in [0.05, 0.1) is 18.7 Å². The van der Waals surface area contributed by atoms with Crippen LogP contribution in [0.25, 0.3) is 0 Å². The quantitative estimate of drug-likeness (QED) is 0.756. The van der Waals surface area contributed by atoms with E-state index in [1.807, 2.05) is 43.0 Å². The summed E-state index contributed by atoms with van der Waals surface area (Å²) >= 11 is 0. The van der Waals surface area contributed by atoms with Gasteiger partial charge in [-0.05, 0) is 24.3 Å². The molecule has 0 saturated carbocycles. The van der Waals surface area contributed by atoms with E-state index in [9.17, 15) is 0 Å². The second-order valence-electron chi connectivity index (χ2n) is 4.14. The minimum absolute atomic E-state index is 0.598. The van der Waals surface area contributed by atoms with Gasteiger partial charge in [-0.2, -0.15) is 0 Å². The van der Waals surface area contributed by atoms with Crippen LogP contribution in [0.15, 0.2) is 63.0 Å². The Hall–Kier alpha value is -2.07. The molecule has 17 heavy (non-hydrogen) atoms. The van der Waals surface area contributed by atoms with Crippen molar-refractivity contribution in [3.05, 3.63) is 60.7 Å². The van der Waals surface area contributed by atoms with Crippen molar-refractivity contribution in [2.75, 3.05) is 0 Å². The Kier molecular flexibility index (Phi) is 2.42. The Bertz CT molecular complexity index is 474. The maximum absolute atomic E-state index is 5.40. The van der Waals surface area contributed by atoms with Gasteiger partial charge in [0.25, 0.3) is 0 Å². The lowest BCUT2D eigenvalue weighted by Gasteiger charge is -2.25. The molecular formula is C13H13N2O2+. The van der Waals surface area contributed by atoms with E-state index in [2.05, 4.69) is 4.99 Å². The van der Waals surface area contributed by atoms with Crippen LogP contribution in [-0.2, 0) is 13.1 Å². The first-order valence-electron chi connectivity index (χ1n) is 5.50. The summed E-state index contributed by atoms with van der Waals surface area (Å²) in [5.41, 5.74) is 0. The van der Waals surface area contributed by atoms with Crippen LogP contribution in [0.2, 0.25) is 0 Å². The fraction of sp³-hybridized carbons (Fsp3) is 0.154. The van der Waals surface area contributed by atoms with Gasteiger partial charge < -0.3 is 8.83 Å². The standard InChI is InChI=1S/C13H13N2O2/c1-3-12(16-7-1)9-15(6-5-14-11-15)10-13-4-2-8-17-13/h1-8,11H,9-10H2/q+1. The third-order valence-electron chi connectivity index (χ3n) is 2.81. The number of quaternary nitrogens is 1. The van der Waals surface area contributed by atoms with E-state index in [0.29, 0.717) is 4.48 Å². The molecule has 0 unspecified atom stereocenters. The molecule has 1 aliphatic heterocycles. The minimum atomic E-state index is 0.598. The van der Waals surface area contributed by atoms with Crippen LogP contribution < -0.4 is 0 Å². The molecule has 0 atom stereocenters. The molecule has 0 amide bonds. The van der Waals surface area contributed by atoms with Crippen LogP contribution in [0.4, 0.5) is 0 Å². The number of aliphatic imine (C=N–C) groups is 1. The summed E-state index contributed by atoms with van der Waals surface area (Å²) in [6, 6.07) is 7.75. The minimum Gasteiger partial charge on any atom is -0.463 e. The first-order valence-corrected chi connectivity index (χ1v) is 5.50. The molecule has 1 aliphatic rings. The molecule has 0 fully saturated rings. The summed E-state index contributed by atoms with van der Waals surface area (Å²) in [4.78, 5) is 4.18. The molecule has 0 N–H and O–H groups in total. The van der Waals surface area contributed by atoms with Crippen LogP contribution in [0, 0.1) is 0 Å². The molecule has 4 nitrogen and oxygen atoms in total. The lowest BCUT2D eigenvalue weighted by molar-refractivity contribution is -0.810. The van der Waals surface area contributed by atoms with Gasteiger partial charge in [0.15, 0.2) is 17.9 Å². The molecule has 2 aromatic heterocycles. The summed E-state index contributed by atoms with van der Waals surface area (Å²) in [5, 5.41) is 0. The van der Waals surface area contributed by atoms with Crippen LogP contribution >= 0.6 is 0 Å². The maximum atomic E-state index is 5.40. The molecule has 86 valence electrons. The molecule has 0 spiro atoms. The van der Waals surface area contributed by atoms with Crippen molar-refractivity contribution >= 4 is 6.34 Å². The molecule has 2 aromatic rings. The molecule has 0 saturated heterocycles. The van der Waals surface area contributed by atoms with E-state index in [-0.39, 0.29) is 0 Å². The van der Waals surface area contributed by atoms with Crippen molar-refractivity contribution < 1.29 is 13.3 Å². The van der Waals surface area contributed by atoms with Crippen molar-refractivity contribution in [1.29, 1.82) is 0 Å². The highest BCUT2D eigenvalue weighted by atomic mass is 16.3. The monoisotopic (exact) mass is 229 g/mol.